The van der Waals surface area contributed by atoms with E-state index in [1.54, 1.807) is 0 Å². The van der Waals surface area contributed by atoms with E-state index in [0.717, 1.165) is 27.5 Å². The second-order valence-corrected chi connectivity index (χ2v) is 6.76. The van der Waals surface area contributed by atoms with Crippen LogP contribution < -0.4 is 0 Å². The molecule has 2 aromatic heterocycles. The fraction of sp³-hybridized carbons (Fsp3) is 0.211. The summed E-state index contributed by atoms with van der Waals surface area (Å²) in [5.41, 5.74) is 4.23. The topological polar surface area (TPSA) is 42.8 Å². The summed E-state index contributed by atoms with van der Waals surface area (Å²) in [6, 6.07) is 13.1. The molecular weight excluding hydrogens is 305 g/mol. The Morgan fingerprint density at radius 2 is 1.92 bits per heavy atom. The zero-order chi connectivity index (χ0) is 16.3. The predicted molar refractivity (Wildman–Crippen MR) is 91.1 cm³/mol. The maximum absolute atomic E-state index is 13.4. The van der Waals surface area contributed by atoms with Crippen LogP contribution in [0.2, 0.25) is 0 Å². The zero-order valence-electron chi connectivity index (χ0n) is 13.2. The van der Waals surface area contributed by atoms with Crippen LogP contribution in [0, 0.1) is 5.82 Å². The highest BCUT2D eigenvalue weighted by Gasteiger charge is 2.38. The molecule has 0 spiro atoms. The lowest BCUT2D eigenvalue weighted by Crippen LogP contribution is -2.45. The third-order valence-corrected chi connectivity index (χ3v) is 4.91. The molecule has 24 heavy (non-hydrogen) atoms. The van der Waals surface area contributed by atoms with E-state index < -0.39 is 0 Å². The van der Waals surface area contributed by atoms with Gasteiger partial charge in [0.15, 0.2) is 0 Å². The molecule has 1 aliphatic heterocycles. The largest absolute Gasteiger partial charge is 0.379 e. The second kappa shape index (κ2) is 4.68. The molecule has 0 atom stereocenters. The van der Waals surface area contributed by atoms with Gasteiger partial charge in [0.1, 0.15) is 5.82 Å². The summed E-state index contributed by atoms with van der Waals surface area (Å²) in [4.78, 5) is 0. The number of halogens is 1. The molecule has 0 unspecified atom stereocenters. The van der Waals surface area contributed by atoms with E-state index in [-0.39, 0.29) is 11.2 Å². The van der Waals surface area contributed by atoms with Crippen LogP contribution in [0.3, 0.4) is 0 Å². The molecule has 5 heteroatoms. The van der Waals surface area contributed by atoms with Crippen LogP contribution in [0.4, 0.5) is 4.39 Å². The van der Waals surface area contributed by atoms with Crippen molar-refractivity contribution in [3.05, 3.63) is 60.2 Å². The van der Waals surface area contributed by atoms with Gasteiger partial charge in [0.2, 0.25) is 0 Å². The molecule has 0 aliphatic carbocycles. The molecule has 0 saturated carbocycles. The van der Waals surface area contributed by atoms with Gasteiger partial charge in [-0.25, -0.2) is 4.39 Å². The van der Waals surface area contributed by atoms with Crippen molar-refractivity contribution >= 4 is 21.8 Å². The van der Waals surface area contributed by atoms with Crippen molar-refractivity contribution < 1.29 is 9.13 Å². The molecule has 1 saturated heterocycles. The van der Waals surface area contributed by atoms with Crippen LogP contribution in [-0.4, -0.2) is 28.0 Å². The highest BCUT2D eigenvalue weighted by molar-refractivity contribution is 5.96. The van der Waals surface area contributed by atoms with E-state index >= 15 is 0 Å². The highest BCUT2D eigenvalue weighted by Crippen LogP contribution is 2.38. The fourth-order valence-electron chi connectivity index (χ4n) is 3.52. The molecule has 1 N–H and O–H groups in total. The van der Waals surface area contributed by atoms with Crippen LogP contribution >= 0.6 is 0 Å². The maximum Gasteiger partial charge on any atom is 0.123 e. The van der Waals surface area contributed by atoms with E-state index in [2.05, 4.69) is 39.9 Å². The van der Waals surface area contributed by atoms with E-state index in [1.165, 1.54) is 17.8 Å². The molecule has 2 aromatic carbocycles. The maximum atomic E-state index is 13.4. The van der Waals surface area contributed by atoms with E-state index in [9.17, 15) is 4.39 Å². The SMILES string of the molecule is CC1(c2cc3cc4[nH]ncc4cc3n2-c2ccc(F)cc2)COC1. The summed E-state index contributed by atoms with van der Waals surface area (Å²) < 4.78 is 21.1. The molecule has 0 radical (unpaired) electrons. The Balaban J connectivity index is 1.85. The Kier molecular flexibility index (Phi) is 2.68. The van der Waals surface area contributed by atoms with Crippen molar-refractivity contribution in [2.75, 3.05) is 13.2 Å². The lowest BCUT2D eigenvalue weighted by molar-refractivity contribution is -0.0526. The zero-order valence-corrected chi connectivity index (χ0v) is 13.2. The first-order chi connectivity index (χ1) is 11.6. The van der Waals surface area contributed by atoms with Gasteiger partial charge in [-0.3, -0.25) is 5.10 Å². The monoisotopic (exact) mass is 321 g/mol. The van der Waals surface area contributed by atoms with E-state index in [0.29, 0.717) is 13.2 Å². The van der Waals surface area contributed by atoms with Gasteiger partial charge < -0.3 is 9.30 Å². The quantitative estimate of drug-likeness (QED) is 0.608. The lowest BCUT2D eigenvalue weighted by Gasteiger charge is -2.39. The van der Waals surface area contributed by atoms with Gasteiger partial charge in [-0.15, -0.1) is 0 Å². The third-order valence-electron chi connectivity index (χ3n) is 4.91. The fourth-order valence-corrected chi connectivity index (χ4v) is 3.52. The van der Waals surface area contributed by atoms with Gasteiger partial charge >= 0.3 is 0 Å². The number of hydrogen-bond donors (Lipinski definition) is 1. The minimum atomic E-state index is -0.229. The lowest BCUT2D eigenvalue weighted by atomic mass is 9.84. The number of H-pyrrole nitrogens is 1. The summed E-state index contributed by atoms with van der Waals surface area (Å²) in [7, 11) is 0. The number of rotatable bonds is 2. The van der Waals surface area contributed by atoms with Crippen molar-refractivity contribution in [1.82, 2.24) is 14.8 Å². The second-order valence-electron chi connectivity index (χ2n) is 6.76. The first-order valence-electron chi connectivity index (χ1n) is 7.97. The van der Waals surface area contributed by atoms with Crippen LogP contribution in [0.15, 0.2) is 48.7 Å². The van der Waals surface area contributed by atoms with Crippen molar-refractivity contribution in [3.63, 3.8) is 0 Å². The Hall–Kier alpha value is -2.66. The van der Waals surface area contributed by atoms with Crippen LogP contribution in [0.5, 0.6) is 0 Å². The standard InChI is InChI=1S/C19H16FN3O/c1-19(10-24-11-19)18-8-12-6-16-13(9-21-22-16)7-17(12)23(18)15-4-2-14(20)3-5-15/h2-9H,10-11H2,1H3,(H,21,22). The van der Waals surface area contributed by atoms with E-state index in [1.807, 2.05) is 18.3 Å². The minimum absolute atomic E-state index is 0.0284. The number of nitrogens with one attached hydrogen (secondary N) is 1. The molecule has 3 heterocycles. The summed E-state index contributed by atoms with van der Waals surface area (Å²) in [6.45, 7) is 3.60. The Labute approximate surface area is 137 Å². The molecule has 0 bridgehead atoms. The Morgan fingerprint density at radius 1 is 1.12 bits per heavy atom. The first kappa shape index (κ1) is 13.7. The van der Waals surface area contributed by atoms with Crippen molar-refractivity contribution in [2.45, 2.75) is 12.3 Å². The summed E-state index contributed by atoms with van der Waals surface area (Å²) in [5.74, 6) is -0.229. The van der Waals surface area contributed by atoms with Gasteiger partial charge in [-0.1, -0.05) is 0 Å². The molecule has 120 valence electrons. The Bertz CT molecular complexity index is 1060. The molecule has 4 nitrogen and oxygen atoms in total. The Morgan fingerprint density at radius 3 is 2.62 bits per heavy atom. The minimum Gasteiger partial charge on any atom is -0.379 e. The summed E-state index contributed by atoms with van der Waals surface area (Å²) >= 11 is 0. The number of aromatic nitrogens is 3. The van der Waals surface area contributed by atoms with Crippen LogP contribution in [-0.2, 0) is 10.2 Å². The molecule has 1 fully saturated rings. The number of benzene rings is 2. The summed E-state index contributed by atoms with van der Waals surface area (Å²) in [5, 5.41) is 9.33. The number of aromatic amines is 1. The number of hydrogen-bond acceptors (Lipinski definition) is 2. The van der Waals surface area contributed by atoms with Crippen molar-refractivity contribution in [3.8, 4) is 5.69 Å². The highest BCUT2D eigenvalue weighted by atomic mass is 19.1. The molecule has 0 amide bonds. The molecule has 5 rings (SSSR count). The van der Waals surface area contributed by atoms with Gasteiger partial charge in [0.25, 0.3) is 0 Å². The summed E-state index contributed by atoms with van der Waals surface area (Å²) in [6.07, 6.45) is 1.82. The van der Waals surface area contributed by atoms with Gasteiger partial charge in [0, 0.05) is 22.2 Å². The smallest absolute Gasteiger partial charge is 0.123 e. The van der Waals surface area contributed by atoms with Crippen LogP contribution in [0.1, 0.15) is 12.6 Å². The van der Waals surface area contributed by atoms with Gasteiger partial charge in [0.05, 0.1) is 35.9 Å². The number of nitrogens with zero attached hydrogens (tertiary/aromatic N) is 2. The number of ether oxygens (including phenoxy) is 1. The van der Waals surface area contributed by atoms with Gasteiger partial charge in [-0.2, -0.15) is 5.10 Å². The predicted octanol–water partition coefficient (Wildman–Crippen LogP) is 3.93. The van der Waals surface area contributed by atoms with Crippen molar-refractivity contribution in [2.24, 2.45) is 0 Å². The van der Waals surface area contributed by atoms with Gasteiger partial charge in [-0.05, 0) is 49.4 Å². The van der Waals surface area contributed by atoms with Crippen molar-refractivity contribution in [1.29, 1.82) is 0 Å². The first-order valence-corrected chi connectivity index (χ1v) is 7.97. The molecule has 1 aliphatic rings. The average molecular weight is 321 g/mol. The molecule has 4 aromatic rings. The third kappa shape index (κ3) is 1.85. The van der Waals surface area contributed by atoms with E-state index in [4.69, 9.17) is 4.74 Å². The van der Waals surface area contributed by atoms with Crippen LogP contribution in [0.25, 0.3) is 27.5 Å². The average Bonchev–Trinajstić information content (AvgIpc) is 3.15. The normalized spacial score (nSPS) is 16.6. The number of fused-ring (bicyclic) bond motifs is 2. The molecular formula is C19H16FN3O.